The third-order valence-corrected chi connectivity index (χ3v) is 2.64. The molecule has 0 radical (unpaired) electrons. The van der Waals surface area contributed by atoms with Crippen molar-refractivity contribution in [1.82, 2.24) is 14.6 Å². The van der Waals surface area contributed by atoms with Crippen LogP contribution in [-0.4, -0.2) is 14.6 Å². The number of hydrogen-bond donors (Lipinski definition) is 0. The van der Waals surface area contributed by atoms with Crippen LogP contribution in [0, 0.1) is 0 Å². The normalized spacial score (nSPS) is 10.8. The van der Waals surface area contributed by atoms with Crippen LogP contribution in [0.2, 0.25) is 5.02 Å². The van der Waals surface area contributed by atoms with Crippen molar-refractivity contribution in [3.05, 3.63) is 53.7 Å². The Kier molecular flexibility index (Phi) is 2.11. The summed E-state index contributed by atoms with van der Waals surface area (Å²) >= 11 is 5.89. The van der Waals surface area contributed by atoms with E-state index < -0.39 is 0 Å². The van der Waals surface area contributed by atoms with E-state index in [1.165, 1.54) is 0 Å². The molecule has 0 spiro atoms. The van der Waals surface area contributed by atoms with Gasteiger partial charge in [0.1, 0.15) is 0 Å². The van der Waals surface area contributed by atoms with Crippen molar-refractivity contribution in [2.75, 3.05) is 0 Å². The number of benzene rings is 1. The maximum absolute atomic E-state index is 5.89. The number of halogens is 1. The number of aromatic nitrogens is 3. The summed E-state index contributed by atoms with van der Waals surface area (Å²) in [4.78, 5) is 0. The monoisotopic (exact) mass is 229 g/mol. The Hall–Kier alpha value is -1.87. The molecule has 0 N–H and O–H groups in total. The van der Waals surface area contributed by atoms with Gasteiger partial charge in [0.05, 0.1) is 0 Å². The van der Waals surface area contributed by atoms with Gasteiger partial charge in [-0.1, -0.05) is 41.9 Å². The summed E-state index contributed by atoms with van der Waals surface area (Å²) < 4.78 is 1.92. The standard InChI is InChI=1S/C12H8ClN3/c13-10-6-7-16-11(8-10)14-15-12(16)9-4-2-1-3-5-9/h1-8H. The second-order valence-corrected chi connectivity index (χ2v) is 3.90. The summed E-state index contributed by atoms with van der Waals surface area (Å²) in [7, 11) is 0. The van der Waals surface area contributed by atoms with Crippen molar-refractivity contribution in [3.8, 4) is 11.4 Å². The lowest BCUT2D eigenvalue weighted by atomic mass is 10.2. The first-order chi connectivity index (χ1) is 7.84. The van der Waals surface area contributed by atoms with Gasteiger partial charge >= 0.3 is 0 Å². The van der Waals surface area contributed by atoms with Gasteiger partial charge in [-0.25, -0.2) is 0 Å². The third kappa shape index (κ3) is 1.46. The lowest BCUT2D eigenvalue weighted by Gasteiger charge is -1.99. The van der Waals surface area contributed by atoms with Crippen LogP contribution in [-0.2, 0) is 0 Å². The first-order valence-electron chi connectivity index (χ1n) is 4.90. The molecule has 2 aromatic heterocycles. The van der Waals surface area contributed by atoms with E-state index in [0.717, 1.165) is 17.0 Å². The maximum atomic E-state index is 5.89. The van der Waals surface area contributed by atoms with E-state index in [0.29, 0.717) is 5.02 Å². The average molecular weight is 230 g/mol. The molecular formula is C12H8ClN3. The van der Waals surface area contributed by atoms with Crippen molar-refractivity contribution in [2.45, 2.75) is 0 Å². The highest BCUT2D eigenvalue weighted by molar-refractivity contribution is 6.30. The molecule has 2 heterocycles. The molecule has 4 heteroatoms. The summed E-state index contributed by atoms with van der Waals surface area (Å²) in [5, 5.41) is 8.91. The van der Waals surface area contributed by atoms with Gasteiger partial charge in [-0.15, -0.1) is 10.2 Å². The Bertz CT molecular complexity index is 631. The minimum absolute atomic E-state index is 0.666. The summed E-state index contributed by atoms with van der Waals surface area (Å²) in [5.41, 5.74) is 1.80. The minimum atomic E-state index is 0.666. The van der Waals surface area contributed by atoms with Gasteiger partial charge in [0.2, 0.25) is 0 Å². The number of nitrogens with zero attached hydrogens (tertiary/aromatic N) is 3. The van der Waals surface area contributed by atoms with Crippen molar-refractivity contribution in [3.63, 3.8) is 0 Å². The number of rotatable bonds is 1. The van der Waals surface area contributed by atoms with Crippen molar-refractivity contribution >= 4 is 17.2 Å². The molecule has 0 saturated heterocycles. The molecule has 16 heavy (non-hydrogen) atoms. The molecule has 0 unspecified atom stereocenters. The lowest BCUT2D eigenvalue weighted by molar-refractivity contribution is 1.11. The van der Waals surface area contributed by atoms with E-state index in [2.05, 4.69) is 10.2 Å². The highest BCUT2D eigenvalue weighted by Gasteiger charge is 2.06. The SMILES string of the molecule is Clc1ccn2c(-c3ccccc3)nnc2c1. The molecule has 0 atom stereocenters. The molecule has 0 fully saturated rings. The van der Waals surface area contributed by atoms with Crippen LogP contribution in [0.5, 0.6) is 0 Å². The van der Waals surface area contributed by atoms with E-state index in [1.807, 2.05) is 47.0 Å². The lowest BCUT2D eigenvalue weighted by Crippen LogP contribution is -1.88. The third-order valence-electron chi connectivity index (χ3n) is 2.40. The molecule has 0 aliphatic heterocycles. The van der Waals surface area contributed by atoms with Gasteiger partial charge in [0, 0.05) is 22.8 Å². The summed E-state index contributed by atoms with van der Waals surface area (Å²) in [5.74, 6) is 0.826. The van der Waals surface area contributed by atoms with Crippen molar-refractivity contribution < 1.29 is 0 Å². The molecule has 0 bridgehead atoms. The van der Waals surface area contributed by atoms with Crippen molar-refractivity contribution in [1.29, 1.82) is 0 Å². The molecule has 0 aliphatic carbocycles. The fourth-order valence-electron chi connectivity index (χ4n) is 1.65. The zero-order valence-corrected chi connectivity index (χ0v) is 9.09. The zero-order chi connectivity index (χ0) is 11.0. The first kappa shape index (κ1) is 9.36. The van der Waals surface area contributed by atoms with E-state index >= 15 is 0 Å². The Morgan fingerprint density at radius 3 is 2.62 bits per heavy atom. The molecule has 0 amide bonds. The van der Waals surface area contributed by atoms with E-state index in [-0.39, 0.29) is 0 Å². The summed E-state index contributed by atoms with van der Waals surface area (Å²) in [6.07, 6.45) is 1.88. The molecule has 0 aliphatic rings. The number of pyridine rings is 1. The van der Waals surface area contributed by atoms with Crippen LogP contribution >= 0.6 is 11.6 Å². The molecule has 3 nitrogen and oxygen atoms in total. The Labute approximate surface area is 97.3 Å². The van der Waals surface area contributed by atoms with Gasteiger partial charge in [-0.05, 0) is 6.07 Å². The first-order valence-corrected chi connectivity index (χ1v) is 5.28. The highest BCUT2D eigenvalue weighted by atomic mass is 35.5. The van der Waals surface area contributed by atoms with E-state index in [9.17, 15) is 0 Å². The van der Waals surface area contributed by atoms with Gasteiger partial charge in [-0.3, -0.25) is 4.40 Å². The second kappa shape index (κ2) is 3.61. The molecular weight excluding hydrogens is 222 g/mol. The molecule has 78 valence electrons. The zero-order valence-electron chi connectivity index (χ0n) is 8.34. The average Bonchev–Trinajstić information content (AvgIpc) is 2.73. The van der Waals surface area contributed by atoms with Gasteiger partial charge in [0.25, 0.3) is 0 Å². The largest absolute Gasteiger partial charge is 0.282 e. The molecule has 1 aromatic carbocycles. The van der Waals surface area contributed by atoms with Crippen molar-refractivity contribution in [2.24, 2.45) is 0 Å². The van der Waals surface area contributed by atoms with Crippen LogP contribution in [0.3, 0.4) is 0 Å². The quantitative estimate of drug-likeness (QED) is 0.642. The van der Waals surface area contributed by atoms with Gasteiger partial charge in [0.15, 0.2) is 11.5 Å². The van der Waals surface area contributed by atoms with Crippen LogP contribution in [0.1, 0.15) is 0 Å². The van der Waals surface area contributed by atoms with E-state index in [4.69, 9.17) is 11.6 Å². The smallest absolute Gasteiger partial charge is 0.168 e. The topological polar surface area (TPSA) is 30.2 Å². The Morgan fingerprint density at radius 1 is 1.00 bits per heavy atom. The fourth-order valence-corrected chi connectivity index (χ4v) is 1.80. The highest BCUT2D eigenvalue weighted by Crippen LogP contribution is 2.19. The molecule has 3 rings (SSSR count). The van der Waals surface area contributed by atoms with Crippen LogP contribution < -0.4 is 0 Å². The summed E-state index contributed by atoms with van der Waals surface area (Å²) in [6.45, 7) is 0. The fraction of sp³-hybridized carbons (Fsp3) is 0. The predicted octanol–water partition coefficient (Wildman–Crippen LogP) is 3.05. The van der Waals surface area contributed by atoms with Crippen LogP contribution in [0.25, 0.3) is 17.0 Å². The van der Waals surface area contributed by atoms with Gasteiger partial charge in [-0.2, -0.15) is 0 Å². The Balaban J connectivity index is 2.26. The minimum Gasteiger partial charge on any atom is -0.282 e. The van der Waals surface area contributed by atoms with Gasteiger partial charge < -0.3 is 0 Å². The maximum Gasteiger partial charge on any atom is 0.168 e. The molecule has 0 saturated carbocycles. The van der Waals surface area contributed by atoms with E-state index in [1.54, 1.807) is 6.07 Å². The van der Waals surface area contributed by atoms with Crippen LogP contribution in [0.4, 0.5) is 0 Å². The molecule has 3 aromatic rings. The number of hydrogen-bond acceptors (Lipinski definition) is 2. The summed E-state index contributed by atoms with van der Waals surface area (Å²) in [6, 6.07) is 13.6. The predicted molar refractivity (Wildman–Crippen MR) is 63.4 cm³/mol. The second-order valence-electron chi connectivity index (χ2n) is 3.46. The number of fused-ring (bicyclic) bond motifs is 1. The Morgan fingerprint density at radius 2 is 1.81 bits per heavy atom. The van der Waals surface area contributed by atoms with Crippen LogP contribution in [0.15, 0.2) is 48.7 Å².